The average Bonchev–Trinajstić information content (AvgIpc) is 1.63. The first-order chi connectivity index (χ1) is 56.7. The predicted octanol–water partition coefficient (Wildman–Crippen LogP) is -6.19. The van der Waals surface area contributed by atoms with Crippen LogP contribution in [0.25, 0.3) is 0 Å². The van der Waals surface area contributed by atoms with Crippen molar-refractivity contribution < 1.29 is 118 Å². The van der Waals surface area contributed by atoms with Gasteiger partial charge in [-0.25, -0.2) is 4.79 Å². The molecule has 41 nitrogen and oxygen atoms in total. The van der Waals surface area contributed by atoms with E-state index in [2.05, 4.69) is 60.1 Å². The third-order valence-corrected chi connectivity index (χ3v) is 21.2. The number of hydrogen-bond acceptors (Lipinski definition) is 27. The quantitative estimate of drug-likeness (QED) is 0.0230. The van der Waals surface area contributed by atoms with Gasteiger partial charge in [-0.2, -0.15) is 0 Å². The smallest absolute Gasteiger partial charge is 0.328 e. The van der Waals surface area contributed by atoms with Crippen molar-refractivity contribution in [2.45, 2.75) is 318 Å². The Kier molecular flexibility index (Phi) is 44.7. The highest BCUT2D eigenvalue weighted by Gasteiger charge is 2.49. The lowest BCUT2D eigenvalue weighted by Gasteiger charge is -2.34. The lowest BCUT2D eigenvalue weighted by Crippen LogP contribution is -2.64. The van der Waals surface area contributed by atoms with Crippen molar-refractivity contribution in [3.63, 3.8) is 0 Å². The van der Waals surface area contributed by atoms with Crippen LogP contribution in [0.4, 0.5) is 0 Å². The summed E-state index contributed by atoms with van der Waals surface area (Å²) >= 11 is 0. The summed E-state index contributed by atoms with van der Waals surface area (Å²) < 4.78 is 6.11. The lowest BCUT2D eigenvalue weighted by molar-refractivity contribution is -0.155. The molecule has 20 atom stereocenters. The molecule has 0 unspecified atom stereocenters. The molecule has 3 saturated heterocycles. The van der Waals surface area contributed by atoms with Gasteiger partial charge in [-0.15, -0.1) is 0 Å². The van der Waals surface area contributed by atoms with Crippen LogP contribution >= 0.6 is 0 Å². The number of cyclic esters (lactones) is 1. The summed E-state index contributed by atoms with van der Waals surface area (Å²) in [6.07, 6.45) is -6.20. The molecule has 0 aliphatic carbocycles. The van der Waals surface area contributed by atoms with Crippen molar-refractivity contribution in [1.29, 1.82) is 0 Å². The molecular weight excluding hydrogens is 1570 g/mol. The number of aromatic hydroxyl groups is 1. The first-order valence-electron chi connectivity index (χ1n) is 41.7. The van der Waals surface area contributed by atoms with Crippen LogP contribution in [0.3, 0.4) is 0 Å². The number of benzene rings is 1. The molecule has 14 amide bonds. The number of rotatable bonds is 33. The van der Waals surface area contributed by atoms with Crippen LogP contribution in [0.2, 0.25) is 0 Å². The number of esters is 1. The summed E-state index contributed by atoms with van der Waals surface area (Å²) in [6, 6.07) is -15.8. The number of hydrogen-bond donors (Lipinski definition) is 22. The Bertz CT molecular complexity index is 3540. The first-order valence-corrected chi connectivity index (χ1v) is 41.7. The molecule has 41 heteroatoms. The van der Waals surface area contributed by atoms with E-state index in [0.717, 1.165) is 90.4 Å². The SMILES string of the molecule is CCCCCCCCCCCCC[C@@H]1CC(=O)N[C@@H]([C@@H](C)O)C(=O)N[C@H](C)C(=O)N[C@@H](Cc2ccc(O)cc2)C(=O)N[C@@H](C(C)C)C(=O)N2C[C@H](O)C[C@H]2C(=O)N[C@@H]([C@@H](C)O)C(=O)N[C@@H]([C@@H](C)O)C(=O)N2CC[C@H](O)[C@H]2C(=O)N[C@@H]([C@H](O)CC(N)=O)C(=O)NCC(=O)N[C@@H]([C@@H](C)O)C(=O)N[C@@H](CCCN(CCCN)C(=O)[C@H](N)CCCN)C(=O)O1. The van der Waals surface area contributed by atoms with Gasteiger partial charge in [0.15, 0.2) is 0 Å². The summed E-state index contributed by atoms with van der Waals surface area (Å²) in [4.78, 5) is 217. The maximum atomic E-state index is 14.9. The predicted molar refractivity (Wildman–Crippen MR) is 433 cm³/mol. The van der Waals surface area contributed by atoms with E-state index in [1.54, 1.807) is 0 Å². The van der Waals surface area contributed by atoms with Crippen molar-refractivity contribution in [3.05, 3.63) is 29.8 Å². The van der Waals surface area contributed by atoms with E-state index >= 15 is 0 Å². The Labute approximate surface area is 699 Å². The molecule has 26 N–H and O–H groups in total. The molecule has 120 heavy (non-hydrogen) atoms. The minimum absolute atomic E-state index is 0.00493. The molecular formula is C79H133N17O24. The minimum Gasteiger partial charge on any atom is -0.508 e. The van der Waals surface area contributed by atoms with Crippen molar-refractivity contribution >= 4 is 88.7 Å². The molecule has 3 fully saturated rings. The van der Waals surface area contributed by atoms with Gasteiger partial charge in [0.1, 0.15) is 78.3 Å². The number of carbonyl (C=O) groups excluding carboxylic acids is 15. The molecule has 0 radical (unpaired) electrons. The molecule has 678 valence electrons. The molecule has 3 aliphatic rings. The fourth-order valence-corrected chi connectivity index (χ4v) is 14.2. The second kappa shape index (κ2) is 52.1. The molecule has 0 saturated carbocycles. The van der Waals surface area contributed by atoms with Crippen molar-refractivity contribution in [1.82, 2.24) is 67.9 Å². The summed E-state index contributed by atoms with van der Waals surface area (Å²) in [5.74, 6) is -18.1. The molecule has 0 spiro atoms. The van der Waals surface area contributed by atoms with Crippen LogP contribution in [0.5, 0.6) is 5.75 Å². The second-order valence-electron chi connectivity index (χ2n) is 31.9. The van der Waals surface area contributed by atoms with Crippen molar-refractivity contribution in [2.75, 3.05) is 45.8 Å². The largest absolute Gasteiger partial charge is 0.508 e. The zero-order valence-corrected chi connectivity index (χ0v) is 70.2. The van der Waals surface area contributed by atoms with Gasteiger partial charge < -0.3 is 136 Å². The highest BCUT2D eigenvalue weighted by molar-refractivity contribution is 6.00. The average molecular weight is 1710 g/mol. The van der Waals surface area contributed by atoms with E-state index in [0.29, 0.717) is 36.1 Å². The summed E-state index contributed by atoms with van der Waals surface area (Å²) in [7, 11) is 0. The van der Waals surface area contributed by atoms with Crippen LogP contribution in [0.1, 0.15) is 196 Å². The lowest BCUT2D eigenvalue weighted by atomic mass is 9.99. The number of aliphatic hydroxyl groups excluding tert-OH is 7. The Morgan fingerprint density at radius 1 is 0.550 bits per heavy atom. The number of nitrogens with zero attached hydrogens (tertiary/aromatic N) is 3. The zero-order chi connectivity index (χ0) is 89.8. The summed E-state index contributed by atoms with van der Waals surface area (Å²) in [5.41, 5.74) is 23.6. The van der Waals surface area contributed by atoms with Gasteiger partial charge in [0.25, 0.3) is 0 Å². The Hall–Kier alpha value is -9.33. The van der Waals surface area contributed by atoms with Gasteiger partial charge >= 0.3 is 5.97 Å². The normalized spacial score (nSPS) is 26.7. The highest BCUT2D eigenvalue weighted by atomic mass is 16.5. The molecule has 1 aromatic rings. The Balaban J connectivity index is 1.88. The van der Waals surface area contributed by atoms with E-state index in [1.807, 2.05) is 0 Å². The maximum absolute atomic E-state index is 14.9. The van der Waals surface area contributed by atoms with Crippen LogP contribution in [-0.4, -0.2) is 311 Å². The summed E-state index contributed by atoms with van der Waals surface area (Å²) in [5, 5.41) is 112. The van der Waals surface area contributed by atoms with Crippen molar-refractivity contribution in [3.8, 4) is 5.75 Å². The third-order valence-electron chi connectivity index (χ3n) is 21.2. The number of nitrogens with one attached hydrogen (secondary N) is 10. The van der Waals surface area contributed by atoms with Gasteiger partial charge in [-0.3, -0.25) is 67.1 Å². The third kappa shape index (κ3) is 33.6. The number of ether oxygens (including phenoxy) is 1. The zero-order valence-electron chi connectivity index (χ0n) is 70.2. The van der Waals surface area contributed by atoms with E-state index in [9.17, 15) is 113 Å². The van der Waals surface area contributed by atoms with Gasteiger partial charge in [-0.1, -0.05) is 97.1 Å². The van der Waals surface area contributed by atoms with Gasteiger partial charge in [0.2, 0.25) is 82.7 Å². The molecule has 3 aliphatic heterocycles. The fraction of sp³-hybridized carbons (Fsp3) is 0.734. The van der Waals surface area contributed by atoms with E-state index in [-0.39, 0.29) is 70.5 Å². The number of phenols is 1. The topological polar surface area (TPSA) is 661 Å². The molecule has 0 bridgehead atoms. The molecule has 3 heterocycles. The fourth-order valence-electron chi connectivity index (χ4n) is 14.2. The molecule has 1 aromatic carbocycles. The van der Waals surface area contributed by atoms with E-state index in [1.165, 1.54) is 49.9 Å². The maximum Gasteiger partial charge on any atom is 0.328 e. The van der Waals surface area contributed by atoms with E-state index < -0.39 is 255 Å². The Morgan fingerprint density at radius 3 is 1.62 bits per heavy atom. The van der Waals surface area contributed by atoms with Gasteiger partial charge in [-0.05, 0) is 123 Å². The number of unbranched alkanes of at least 4 members (excludes halogenated alkanes) is 10. The van der Waals surface area contributed by atoms with Gasteiger partial charge in [0, 0.05) is 39.0 Å². The highest BCUT2D eigenvalue weighted by Crippen LogP contribution is 2.26. The van der Waals surface area contributed by atoms with Crippen LogP contribution < -0.4 is 76.1 Å². The number of aliphatic hydroxyl groups is 7. The van der Waals surface area contributed by atoms with E-state index in [4.69, 9.17) is 27.7 Å². The molecule has 4 rings (SSSR count). The van der Waals surface area contributed by atoms with Crippen LogP contribution in [-0.2, 0) is 83.1 Å². The minimum atomic E-state index is -2.26. The number of phenolic OH excluding ortho intramolecular Hbond substituents is 1. The second-order valence-corrected chi connectivity index (χ2v) is 31.9. The Morgan fingerprint density at radius 2 is 1.06 bits per heavy atom. The standard InChI is InChI=1S/C79H133N17O24/c1-9-10-11-12-13-14-15-16-17-18-19-23-51-38-59(106)88-62(44(5)97)72(112)85-43(4)68(108)87-54(36-48-26-28-49(101)29-27-48)69(109)90-61(42(2)3)77(117)96-41-50(102)37-55(96)70(110)91-64(46(7)99)74(114)92-65(47(8)100)78(118)95-35-30-56(103)67(95)75(115)93-66(57(104)39-58(83)105)71(111)84-40-60(107)89-63(45(6)98)73(113)86-53(79(119)120-51)25-21-33-94(34-22-32-81)76(116)52(82)24-20-31-80/h26-29,42-47,50-57,61-67,97-104H,9-25,30-41,80-82H2,1-8H3,(H2,83,105)(H,84,111)(H,85,112)(H,86,113)(H,87,108)(H,88,106)(H,89,107)(H,90,109)(H,91,110)(H,92,114)(H,93,115)/t43-,44-,45-,46-,47-,50-,51-,52-,53+,54+,55+,56+,57-,61+,62+,63+,64+,65+,66+,67+/m1/s1. The number of fused-ring (bicyclic) bond motifs is 2. The number of carbonyl (C=O) groups is 15. The van der Waals surface area contributed by atoms with Crippen LogP contribution in [0.15, 0.2) is 24.3 Å². The molecule has 0 aromatic heterocycles. The number of nitrogens with two attached hydrogens (primary N) is 4. The van der Waals surface area contributed by atoms with Gasteiger partial charge in [0.05, 0.1) is 68.2 Å². The summed E-state index contributed by atoms with van der Waals surface area (Å²) in [6.45, 7) is 9.00. The number of amides is 14. The van der Waals surface area contributed by atoms with Crippen molar-refractivity contribution in [2.24, 2.45) is 28.9 Å². The monoisotopic (exact) mass is 1700 g/mol. The number of primary amides is 1. The first kappa shape index (κ1) is 103. The van der Waals surface area contributed by atoms with Crippen LogP contribution in [0, 0.1) is 5.92 Å².